The molecule has 0 aliphatic heterocycles. The Kier molecular flexibility index (Phi) is 3.88. The van der Waals surface area contributed by atoms with Crippen LogP contribution in [-0.4, -0.2) is 11.7 Å². The fourth-order valence-corrected chi connectivity index (χ4v) is 0.501. The molecule has 2 unspecified atom stereocenters. The van der Waals surface area contributed by atoms with E-state index < -0.39 is 5.38 Å². The first-order valence-corrected chi connectivity index (χ1v) is 3.17. The zero-order chi connectivity index (χ0) is 6.57. The molecule has 1 radical (unpaired) electrons. The van der Waals surface area contributed by atoms with Gasteiger partial charge in [-0.15, -0.1) is 11.6 Å². The number of rotatable bonds is 3. The highest BCUT2D eigenvalue weighted by Crippen LogP contribution is 2.10. The molecule has 0 heterocycles. The summed E-state index contributed by atoms with van der Waals surface area (Å²) in [7, 11) is 0. The molecule has 0 N–H and O–H groups in total. The summed E-state index contributed by atoms with van der Waals surface area (Å²) in [5.41, 5.74) is 0. The quantitative estimate of drug-likeness (QED) is 0.536. The van der Waals surface area contributed by atoms with Crippen LogP contribution in [0.25, 0.3) is 0 Å². The Bertz CT molecular complexity index is 72.9. The molecule has 0 aromatic carbocycles. The van der Waals surface area contributed by atoms with Gasteiger partial charge in [0.15, 0.2) is 0 Å². The summed E-state index contributed by atoms with van der Waals surface area (Å²) in [5, 5.41) is -0.417. The van der Waals surface area contributed by atoms with Gasteiger partial charge in [-0.05, 0) is 5.92 Å². The topological polar surface area (TPSA) is 17.1 Å². The zero-order valence-electron chi connectivity index (χ0n) is 5.15. The lowest BCUT2D eigenvalue weighted by Gasteiger charge is -2.06. The summed E-state index contributed by atoms with van der Waals surface area (Å²) in [5.74, 6) is 0.258. The molecule has 0 aliphatic rings. The van der Waals surface area contributed by atoms with Crippen molar-refractivity contribution in [1.29, 1.82) is 0 Å². The minimum absolute atomic E-state index is 0.258. The molecule has 0 aliphatic carbocycles. The summed E-state index contributed by atoms with van der Waals surface area (Å²) in [4.78, 5) is 9.85. The third-order valence-electron chi connectivity index (χ3n) is 1.26. The van der Waals surface area contributed by atoms with Crippen molar-refractivity contribution in [3.8, 4) is 0 Å². The standard InChI is InChI=1S/C6H10ClO/c1-3-5(2)6(7)4-8/h5-6H,3H2,1-2H3. The molecular formula is C6H10ClO. The van der Waals surface area contributed by atoms with E-state index in [1.165, 1.54) is 0 Å². The second kappa shape index (κ2) is 3.90. The number of hydrogen-bond acceptors (Lipinski definition) is 1. The molecule has 0 rings (SSSR count). The molecule has 0 spiro atoms. The molecule has 0 amide bonds. The Labute approximate surface area is 55.0 Å². The predicted molar refractivity (Wildman–Crippen MR) is 34.8 cm³/mol. The molecule has 0 aromatic rings. The minimum Gasteiger partial charge on any atom is -0.289 e. The maximum absolute atomic E-state index is 9.85. The van der Waals surface area contributed by atoms with Crippen LogP contribution in [0.4, 0.5) is 0 Å². The van der Waals surface area contributed by atoms with Crippen LogP contribution in [0.2, 0.25) is 0 Å². The Balaban J connectivity index is 3.44. The van der Waals surface area contributed by atoms with E-state index in [0.717, 1.165) is 6.42 Å². The van der Waals surface area contributed by atoms with E-state index in [-0.39, 0.29) is 5.92 Å². The van der Waals surface area contributed by atoms with E-state index in [1.54, 1.807) is 6.29 Å². The Morgan fingerprint density at radius 1 is 1.75 bits per heavy atom. The first-order valence-electron chi connectivity index (χ1n) is 2.74. The second-order valence-corrected chi connectivity index (χ2v) is 2.38. The largest absolute Gasteiger partial charge is 0.289 e. The summed E-state index contributed by atoms with van der Waals surface area (Å²) < 4.78 is 0. The maximum Gasteiger partial charge on any atom is 0.218 e. The molecule has 0 fully saturated rings. The van der Waals surface area contributed by atoms with E-state index in [0.29, 0.717) is 0 Å². The average Bonchev–Trinajstić information content (AvgIpc) is 1.84. The third-order valence-corrected chi connectivity index (χ3v) is 1.78. The van der Waals surface area contributed by atoms with Gasteiger partial charge in [-0.3, -0.25) is 4.79 Å². The van der Waals surface area contributed by atoms with Crippen molar-refractivity contribution in [3.05, 3.63) is 0 Å². The predicted octanol–water partition coefficient (Wildman–Crippen LogP) is 1.75. The van der Waals surface area contributed by atoms with Crippen molar-refractivity contribution in [2.24, 2.45) is 5.92 Å². The van der Waals surface area contributed by atoms with Gasteiger partial charge in [0, 0.05) is 0 Å². The van der Waals surface area contributed by atoms with Crippen molar-refractivity contribution in [2.45, 2.75) is 25.6 Å². The van der Waals surface area contributed by atoms with Gasteiger partial charge in [0.2, 0.25) is 6.29 Å². The Morgan fingerprint density at radius 3 is 2.38 bits per heavy atom. The number of carbonyl (C=O) groups excluding carboxylic acids is 1. The van der Waals surface area contributed by atoms with Gasteiger partial charge in [-0.1, -0.05) is 20.3 Å². The van der Waals surface area contributed by atoms with Crippen molar-refractivity contribution >= 4 is 17.9 Å². The van der Waals surface area contributed by atoms with Crippen LogP contribution in [0.3, 0.4) is 0 Å². The number of hydrogen-bond donors (Lipinski definition) is 0. The van der Waals surface area contributed by atoms with Crippen molar-refractivity contribution in [2.75, 3.05) is 0 Å². The van der Waals surface area contributed by atoms with Gasteiger partial charge < -0.3 is 0 Å². The van der Waals surface area contributed by atoms with Gasteiger partial charge in [-0.25, -0.2) is 0 Å². The molecule has 0 aromatic heterocycles. The molecule has 8 heavy (non-hydrogen) atoms. The highest BCUT2D eigenvalue weighted by molar-refractivity contribution is 6.27. The van der Waals surface area contributed by atoms with Crippen LogP contribution in [-0.2, 0) is 4.79 Å². The van der Waals surface area contributed by atoms with E-state index >= 15 is 0 Å². The normalized spacial score (nSPS) is 17.4. The summed E-state index contributed by atoms with van der Waals surface area (Å²) in [6, 6.07) is 0. The second-order valence-electron chi connectivity index (χ2n) is 1.91. The lowest BCUT2D eigenvalue weighted by atomic mass is 10.1. The molecule has 0 saturated heterocycles. The van der Waals surface area contributed by atoms with Gasteiger partial charge >= 0.3 is 0 Å². The van der Waals surface area contributed by atoms with E-state index in [4.69, 9.17) is 11.6 Å². The molecule has 1 nitrogen and oxygen atoms in total. The molecule has 2 atom stereocenters. The minimum atomic E-state index is -0.417. The maximum atomic E-state index is 9.85. The van der Waals surface area contributed by atoms with Crippen LogP contribution in [0.15, 0.2) is 0 Å². The highest BCUT2D eigenvalue weighted by Gasteiger charge is 2.10. The first kappa shape index (κ1) is 7.96. The highest BCUT2D eigenvalue weighted by atomic mass is 35.5. The van der Waals surface area contributed by atoms with E-state index in [9.17, 15) is 4.79 Å². The fraction of sp³-hybridized carbons (Fsp3) is 0.833. The Hall–Kier alpha value is -0.0400. The van der Waals surface area contributed by atoms with Gasteiger partial charge in [0.05, 0.1) is 0 Å². The van der Waals surface area contributed by atoms with Crippen molar-refractivity contribution in [1.82, 2.24) is 0 Å². The smallest absolute Gasteiger partial charge is 0.218 e. The molecular weight excluding hydrogens is 124 g/mol. The summed E-state index contributed by atoms with van der Waals surface area (Å²) in [6.45, 7) is 3.93. The molecule has 47 valence electrons. The molecule has 2 heteroatoms. The monoisotopic (exact) mass is 133 g/mol. The SMILES string of the molecule is CCC(C)C(Cl)[C]=O. The van der Waals surface area contributed by atoms with Gasteiger partial charge in [0.25, 0.3) is 0 Å². The third kappa shape index (κ3) is 2.31. The summed E-state index contributed by atoms with van der Waals surface area (Å²) in [6.07, 6.45) is 2.66. The first-order chi connectivity index (χ1) is 3.72. The van der Waals surface area contributed by atoms with E-state index in [1.807, 2.05) is 13.8 Å². The van der Waals surface area contributed by atoms with Crippen LogP contribution in [0, 0.1) is 5.92 Å². The number of alkyl halides is 1. The zero-order valence-corrected chi connectivity index (χ0v) is 5.90. The Morgan fingerprint density at radius 2 is 2.25 bits per heavy atom. The summed E-state index contributed by atoms with van der Waals surface area (Å²) >= 11 is 5.49. The van der Waals surface area contributed by atoms with Crippen LogP contribution in [0.5, 0.6) is 0 Å². The van der Waals surface area contributed by atoms with Gasteiger partial charge in [0.1, 0.15) is 5.38 Å². The van der Waals surface area contributed by atoms with Crippen molar-refractivity contribution in [3.63, 3.8) is 0 Å². The average molecular weight is 134 g/mol. The van der Waals surface area contributed by atoms with Crippen LogP contribution < -0.4 is 0 Å². The molecule has 0 saturated carbocycles. The van der Waals surface area contributed by atoms with Crippen molar-refractivity contribution < 1.29 is 4.79 Å². The number of halogens is 1. The van der Waals surface area contributed by atoms with Gasteiger partial charge in [-0.2, -0.15) is 0 Å². The lowest BCUT2D eigenvalue weighted by molar-refractivity contribution is 0.519. The fourth-order valence-electron chi connectivity index (χ4n) is 0.323. The van der Waals surface area contributed by atoms with Crippen LogP contribution in [0.1, 0.15) is 20.3 Å². The van der Waals surface area contributed by atoms with E-state index in [2.05, 4.69) is 0 Å². The van der Waals surface area contributed by atoms with Crippen LogP contribution >= 0.6 is 11.6 Å². The molecule has 0 bridgehead atoms. The lowest BCUT2D eigenvalue weighted by Crippen LogP contribution is -2.10.